The SMILES string of the molecule is CC(C)N(C)S(=O)(=O)c1ccc(NC(=O)C(c2ccccc2)N2CCN(C)CC2)cc1. The van der Waals surface area contributed by atoms with E-state index in [1.165, 1.54) is 16.4 Å². The predicted molar refractivity (Wildman–Crippen MR) is 123 cm³/mol. The van der Waals surface area contributed by atoms with Crippen molar-refractivity contribution in [3.05, 3.63) is 60.2 Å². The van der Waals surface area contributed by atoms with Gasteiger partial charge in [0.1, 0.15) is 6.04 Å². The number of rotatable bonds is 7. The molecule has 0 aromatic heterocycles. The summed E-state index contributed by atoms with van der Waals surface area (Å²) >= 11 is 0. The minimum absolute atomic E-state index is 0.120. The highest BCUT2D eigenvalue weighted by atomic mass is 32.2. The van der Waals surface area contributed by atoms with E-state index in [1.807, 2.05) is 44.2 Å². The molecule has 3 rings (SSSR count). The number of piperazine rings is 1. The minimum Gasteiger partial charge on any atom is -0.324 e. The third kappa shape index (κ3) is 5.51. The van der Waals surface area contributed by atoms with Crippen molar-refractivity contribution in [3.8, 4) is 0 Å². The lowest BCUT2D eigenvalue weighted by Crippen LogP contribution is -2.48. The maximum absolute atomic E-state index is 13.3. The molecule has 1 heterocycles. The third-order valence-electron chi connectivity index (χ3n) is 5.79. The first-order valence-electron chi connectivity index (χ1n) is 10.6. The van der Waals surface area contributed by atoms with Crippen LogP contribution in [0.2, 0.25) is 0 Å². The molecule has 1 amide bonds. The summed E-state index contributed by atoms with van der Waals surface area (Å²) in [5.74, 6) is -0.120. The van der Waals surface area contributed by atoms with Gasteiger partial charge in [-0.25, -0.2) is 8.42 Å². The highest BCUT2D eigenvalue weighted by Gasteiger charge is 2.30. The molecule has 0 spiro atoms. The average Bonchev–Trinajstić information content (AvgIpc) is 2.76. The topological polar surface area (TPSA) is 73.0 Å². The summed E-state index contributed by atoms with van der Waals surface area (Å²) in [5, 5.41) is 2.98. The van der Waals surface area contributed by atoms with Crippen molar-refractivity contribution in [2.24, 2.45) is 0 Å². The molecule has 168 valence electrons. The Kier molecular flexibility index (Phi) is 7.48. The molecule has 2 aromatic carbocycles. The van der Waals surface area contributed by atoms with Gasteiger partial charge in [0.25, 0.3) is 0 Å². The number of likely N-dealkylation sites (N-methyl/N-ethyl adjacent to an activating group) is 1. The fraction of sp³-hybridized carbons (Fsp3) is 0.435. The van der Waals surface area contributed by atoms with Crippen LogP contribution in [0.25, 0.3) is 0 Å². The number of nitrogens with zero attached hydrogens (tertiary/aromatic N) is 3. The van der Waals surface area contributed by atoms with Gasteiger partial charge in [-0.05, 0) is 50.7 Å². The fourth-order valence-electron chi connectivity index (χ4n) is 3.61. The Balaban J connectivity index is 1.79. The van der Waals surface area contributed by atoms with Crippen molar-refractivity contribution in [1.82, 2.24) is 14.1 Å². The molecule has 1 atom stereocenters. The van der Waals surface area contributed by atoms with E-state index < -0.39 is 16.1 Å². The number of anilines is 1. The zero-order valence-electron chi connectivity index (χ0n) is 18.7. The Bertz CT molecular complexity index is 970. The van der Waals surface area contributed by atoms with E-state index >= 15 is 0 Å². The van der Waals surface area contributed by atoms with Crippen molar-refractivity contribution >= 4 is 21.6 Å². The molecule has 31 heavy (non-hydrogen) atoms. The Morgan fingerprint density at radius 2 is 1.55 bits per heavy atom. The molecule has 1 aliphatic heterocycles. The van der Waals surface area contributed by atoms with E-state index in [9.17, 15) is 13.2 Å². The highest BCUT2D eigenvalue weighted by molar-refractivity contribution is 7.89. The summed E-state index contributed by atoms with van der Waals surface area (Å²) in [6.07, 6.45) is 0. The van der Waals surface area contributed by atoms with Crippen LogP contribution < -0.4 is 5.32 Å². The Hall–Kier alpha value is -2.26. The Labute approximate surface area is 185 Å². The second-order valence-electron chi connectivity index (χ2n) is 8.28. The zero-order valence-corrected chi connectivity index (χ0v) is 19.5. The highest BCUT2D eigenvalue weighted by Crippen LogP contribution is 2.25. The van der Waals surface area contributed by atoms with Crippen LogP contribution in [0.15, 0.2) is 59.5 Å². The molecule has 0 aliphatic carbocycles. The first kappa shape index (κ1) is 23.4. The quantitative estimate of drug-likeness (QED) is 0.711. The lowest BCUT2D eigenvalue weighted by atomic mass is 10.0. The lowest BCUT2D eigenvalue weighted by Gasteiger charge is -2.37. The number of benzene rings is 2. The molecular formula is C23H32N4O3S. The van der Waals surface area contributed by atoms with Gasteiger partial charge in [0.15, 0.2) is 0 Å². The van der Waals surface area contributed by atoms with Gasteiger partial charge >= 0.3 is 0 Å². The molecule has 2 aromatic rings. The van der Waals surface area contributed by atoms with Gasteiger partial charge in [0.05, 0.1) is 4.90 Å². The van der Waals surface area contributed by atoms with Gasteiger partial charge in [0.2, 0.25) is 15.9 Å². The summed E-state index contributed by atoms with van der Waals surface area (Å²) in [6, 6.07) is 15.6. The van der Waals surface area contributed by atoms with E-state index in [-0.39, 0.29) is 16.8 Å². The summed E-state index contributed by atoms with van der Waals surface area (Å²) in [7, 11) is 0.0929. The monoisotopic (exact) mass is 444 g/mol. The molecule has 0 saturated carbocycles. The summed E-state index contributed by atoms with van der Waals surface area (Å²) in [4.78, 5) is 17.9. The number of nitrogens with one attached hydrogen (secondary N) is 1. The van der Waals surface area contributed by atoms with E-state index in [0.717, 1.165) is 31.7 Å². The molecule has 0 radical (unpaired) electrons. The molecule has 1 unspecified atom stereocenters. The van der Waals surface area contributed by atoms with Gasteiger partial charge in [-0.15, -0.1) is 0 Å². The van der Waals surface area contributed by atoms with Crippen molar-refractivity contribution in [2.45, 2.75) is 30.8 Å². The van der Waals surface area contributed by atoms with Crippen LogP contribution in [0.4, 0.5) is 5.69 Å². The normalized spacial score (nSPS) is 17.1. The first-order chi connectivity index (χ1) is 14.7. The number of carbonyl (C=O) groups excluding carboxylic acids is 1. The van der Waals surface area contributed by atoms with E-state index in [0.29, 0.717) is 5.69 Å². The fourth-order valence-corrected chi connectivity index (χ4v) is 4.98. The van der Waals surface area contributed by atoms with E-state index in [4.69, 9.17) is 0 Å². The van der Waals surface area contributed by atoms with Crippen molar-refractivity contribution < 1.29 is 13.2 Å². The standard InChI is InChI=1S/C23H32N4O3S/c1-18(2)26(4)31(29,30)21-12-10-20(11-13-21)24-23(28)22(19-8-6-5-7-9-19)27-16-14-25(3)15-17-27/h5-13,18,22H,14-17H2,1-4H3,(H,24,28). The van der Waals surface area contributed by atoms with Crippen LogP contribution in [0.3, 0.4) is 0 Å². The number of carbonyl (C=O) groups is 1. The molecular weight excluding hydrogens is 412 g/mol. The smallest absolute Gasteiger partial charge is 0.246 e. The number of amides is 1. The van der Waals surface area contributed by atoms with Gasteiger partial charge in [-0.3, -0.25) is 9.69 Å². The molecule has 7 nitrogen and oxygen atoms in total. The van der Waals surface area contributed by atoms with Crippen LogP contribution in [0.1, 0.15) is 25.5 Å². The third-order valence-corrected chi connectivity index (χ3v) is 7.84. The zero-order chi connectivity index (χ0) is 22.6. The average molecular weight is 445 g/mol. The molecule has 8 heteroatoms. The van der Waals surface area contributed by atoms with Gasteiger partial charge in [-0.2, -0.15) is 4.31 Å². The maximum Gasteiger partial charge on any atom is 0.246 e. The second-order valence-corrected chi connectivity index (χ2v) is 10.3. The molecule has 1 fully saturated rings. The number of hydrogen-bond acceptors (Lipinski definition) is 5. The number of sulfonamides is 1. The van der Waals surface area contributed by atoms with Crippen molar-refractivity contribution in [1.29, 1.82) is 0 Å². The van der Waals surface area contributed by atoms with Crippen LogP contribution in [0, 0.1) is 0 Å². The molecule has 0 bridgehead atoms. The van der Waals surface area contributed by atoms with Crippen LogP contribution in [-0.2, 0) is 14.8 Å². The Morgan fingerprint density at radius 1 is 0.968 bits per heavy atom. The Morgan fingerprint density at radius 3 is 2.10 bits per heavy atom. The molecule has 1 aliphatic rings. The summed E-state index contributed by atoms with van der Waals surface area (Å²) < 4.78 is 26.7. The lowest BCUT2D eigenvalue weighted by molar-refractivity contribution is -0.122. The first-order valence-corrected chi connectivity index (χ1v) is 12.0. The van der Waals surface area contributed by atoms with Crippen LogP contribution in [-0.4, -0.2) is 74.7 Å². The minimum atomic E-state index is -3.56. The second kappa shape index (κ2) is 9.91. The predicted octanol–water partition coefficient (Wildman–Crippen LogP) is 2.64. The van der Waals surface area contributed by atoms with Crippen LogP contribution >= 0.6 is 0 Å². The summed E-state index contributed by atoms with van der Waals surface area (Å²) in [5.41, 5.74) is 1.52. The maximum atomic E-state index is 13.3. The van der Waals surface area contributed by atoms with Crippen LogP contribution in [0.5, 0.6) is 0 Å². The number of hydrogen-bond donors (Lipinski definition) is 1. The van der Waals surface area contributed by atoms with E-state index in [2.05, 4.69) is 22.2 Å². The van der Waals surface area contributed by atoms with Crippen molar-refractivity contribution in [2.75, 3.05) is 45.6 Å². The van der Waals surface area contributed by atoms with Gasteiger partial charge in [-0.1, -0.05) is 30.3 Å². The van der Waals surface area contributed by atoms with Crippen molar-refractivity contribution in [3.63, 3.8) is 0 Å². The molecule has 1 saturated heterocycles. The van der Waals surface area contributed by atoms with Gasteiger partial charge < -0.3 is 10.2 Å². The largest absolute Gasteiger partial charge is 0.324 e. The summed E-state index contributed by atoms with van der Waals surface area (Å²) in [6.45, 7) is 7.09. The molecule has 1 N–H and O–H groups in total. The van der Waals surface area contributed by atoms with Gasteiger partial charge in [0, 0.05) is 45.0 Å². The van der Waals surface area contributed by atoms with E-state index in [1.54, 1.807) is 19.2 Å².